The number of amides is 1. The van der Waals surface area contributed by atoms with Crippen LogP contribution >= 0.6 is 0 Å². The third kappa shape index (κ3) is 3.93. The van der Waals surface area contributed by atoms with Crippen LogP contribution in [-0.2, 0) is 15.0 Å². The molecule has 29 heavy (non-hydrogen) atoms. The third-order valence-corrected chi connectivity index (χ3v) is 5.52. The predicted molar refractivity (Wildman–Crippen MR) is 112 cm³/mol. The lowest BCUT2D eigenvalue weighted by Crippen LogP contribution is -2.38. The SMILES string of the molecule is CN1/C(=C\C(=O)CN(C)C(C(N)=O)c2cccc(F)c2)C(C)(C)c2ccccc21. The highest BCUT2D eigenvalue weighted by Crippen LogP contribution is 2.46. The number of primary amides is 1. The number of benzene rings is 2. The minimum Gasteiger partial charge on any atom is -0.368 e. The van der Waals surface area contributed by atoms with E-state index in [-0.39, 0.29) is 17.7 Å². The Morgan fingerprint density at radius 2 is 1.90 bits per heavy atom. The van der Waals surface area contributed by atoms with Crippen molar-refractivity contribution in [2.45, 2.75) is 25.3 Å². The molecule has 6 heteroatoms. The number of nitrogens with zero attached hydrogens (tertiary/aromatic N) is 2. The summed E-state index contributed by atoms with van der Waals surface area (Å²) in [6.07, 6.45) is 1.63. The monoisotopic (exact) mass is 395 g/mol. The van der Waals surface area contributed by atoms with E-state index in [1.54, 1.807) is 24.1 Å². The van der Waals surface area contributed by atoms with Crippen molar-refractivity contribution >= 4 is 17.4 Å². The van der Waals surface area contributed by atoms with Crippen LogP contribution in [0, 0.1) is 5.82 Å². The number of anilines is 1. The van der Waals surface area contributed by atoms with Gasteiger partial charge in [-0.2, -0.15) is 0 Å². The Labute approximate surface area is 170 Å². The maximum atomic E-state index is 13.6. The lowest BCUT2D eigenvalue weighted by Gasteiger charge is -2.26. The van der Waals surface area contributed by atoms with Crippen molar-refractivity contribution in [3.05, 3.63) is 77.2 Å². The quantitative estimate of drug-likeness (QED) is 0.763. The normalized spacial score (nSPS) is 17.4. The fourth-order valence-corrected chi connectivity index (χ4v) is 4.11. The van der Waals surface area contributed by atoms with Gasteiger partial charge in [-0.15, -0.1) is 0 Å². The molecule has 2 aromatic rings. The van der Waals surface area contributed by atoms with Gasteiger partial charge in [-0.05, 0) is 36.4 Å². The number of ketones is 1. The average molecular weight is 395 g/mol. The Bertz CT molecular complexity index is 984. The molecule has 1 unspecified atom stereocenters. The Kier molecular flexibility index (Phi) is 5.57. The van der Waals surface area contributed by atoms with Crippen LogP contribution in [0.25, 0.3) is 0 Å². The molecular formula is C23H26FN3O2. The molecule has 0 spiro atoms. The number of halogens is 1. The molecule has 1 aliphatic rings. The van der Waals surface area contributed by atoms with Gasteiger partial charge in [-0.1, -0.05) is 44.2 Å². The molecule has 2 N–H and O–H groups in total. The van der Waals surface area contributed by atoms with E-state index in [9.17, 15) is 14.0 Å². The zero-order valence-corrected chi connectivity index (χ0v) is 17.1. The van der Waals surface area contributed by atoms with E-state index in [1.165, 1.54) is 18.2 Å². The first-order valence-corrected chi connectivity index (χ1v) is 9.46. The second-order valence-electron chi connectivity index (χ2n) is 7.97. The van der Waals surface area contributed by atoms with Gasteiger partial charge in [0.15, 0.2) is 5.78 Å². The lowest BCUT2D eigenvalue weighted by atomic mass is 9.83. The van der Waals surface area contributed by atoms with Gasteiger partial charge in [-0.3, -0.25) is 14.5 Å². The van der Waals surface area contributed by atoms with Gasteiger partial charge in [0.05, 0.1) is 6.54 Å². The van der Waals surface area contributed by atoms with E-state index in [4.69, 9.17) is 5.73 Å². The van der Waals surface area contributed by atoms with Crippen molar-refractivity contribution < 1.29 is 14.0 Å². The maximum Gasteiger partial charge on any atom is 0.239 e. The largest absolute Gasteiger partial charge is 0.368 e. The Morgan fingerprint density at radius 1 is 1.21 bits per heavy atom. The first-order chi connectivity index (χ1) is 13.6. The molecule has 1 amide bonds. The molecule has 152 valence electrons. The molecule has 0 saturated heterocycles. The van der Waals surface area contributed by atoms with Crippen LogP contribution in [0.5, 0.6) is 0 Å². The lowest BCUT2D eigenvalue weighted by molar-refractivity contribution is -0.124. The second kappa shape index (κ2) is 7.79. The minimum atomic E-state index is -0.889. The summed E-state index contributed by atoms with van der Waals surface area (Å²) in [6, 6.07) is 12.9. The number of hydrogen-bond acceptors (Lipinski definition) is 4. The van der Waals surface area contributed by atoms with Gasteiger partial charge < -0.3 is 10.6 Å². The van der Waals surface area contributed by atoms with Crippen molar-refractivity contribution in [1.82, 2.24) is 4.90 Å². The summed E-state index contributed by atoms with van der Waals surface area (Å²) in [5, 5.41) is 0. The molecule has 0 aromatic heterocycles. The van der Waals surface area contributed by atoms with E-state index in [0.29, 0.717) is 5.56 Å². The van der Waals surface area contributed by atoms with Crippen LogP contribution in [0.4, 0.5) is 10.1 Å². The molecule has 2 aromatic carbocycles. The van der Waals surface area contributed by atoms with Gasteiger partial charge in [0.1, 0.15) is 11.9 Å². The van der Waals surface area contributed by atoms with Crippen molar-refractivity contribution in [2.24, 2.45) is 5.73 Å². The molecule has 3 rings (SSSR count). The molecule has 5 nitrogen and oxygen atoms in total. The summed E-state index contributed by atoms with van der Waals surface area (Å²) in [5.74, 6) is -1.25. The number of nitrogens with two attached hydrogens (primary N) is 1. The highest BCUT2D eigenvalue weighted by atomic mass is 19.1. The van der Waals surface area contributed by atoms with Crippen LogP contribution in [0.1, 0.15) is 31.0 Å². The van der Waals surface area contributed by atoms with Crippen molar-refractivity contribution in [3.8, 4) is 0 Å². The summed E-state index contributed by atoms with van der Waals surface area (Å²) in [7, 11) is 3.57. The molecule has 0 radical (unpaired) electrons. The minimum absolute atomic E-state index is 0.0200. The fourth-order valence-electron chi connectivity index (χ4n) is 4.11. The summed E-state index contributed by atoms with van der Waals surface area (Å²) >= 11 is 0. The molecule has 0 aliphatic carbocycles. The van der Waals surface area contributed by atoms with Crippen LogP contribution < -0.4 is 10.6 Å². The number of para-hydroxylation sites is 1. The molecule has 1 atom stereocenters. The van der Waals surface area contributed by atoms with Gasteiger partial charge in [0, 0.05) is 29.9 Å². The molecule has 0 saturated carbocycles. The number of carbonyl (C=O) groups is 2. The zero-order chi connectivity index (χ0) is 21.3. The van der Waals surface area contributed by atoms with Crippen LogP contribution in [0.15, 0.2) is 60.3 Å². The molecule has 0 bridgehead atoms. The summed E-state index contributed by atoms with van der Waals surface area (Å²) in [6.45, 7) is 4.14. The Hall–Kier alpha value is -2.99. The van der Waals surface area contributed by atoms with E-state index in [0.717, 1.165) is 16.9 Å². The first kappa shape index (κ1) is 20.7. The second-order valence-corrected chi connectivity index (χ2v) is 7.97. The van der Waals surface area contributed by atoms with Gasteiger partial charge in [0.25, 0.3) is 0 Å². The van der Waals surface area contributed by atoms with Crippen molar-refractivity contribution in [2.75, 3.05) is 25.5 Å². The van der Waals surface area contributed by atoms with E-state index in [2.05, 4.69) is 19.9 Å². The molecular weight excluding hydrogens is 369 g/mol. The number of rotatable bonds is 6. The number of hydrogen-bond donors (Lipinski definition) is 1. The van der Waals surface area contributed by atoms with Crippen LogP contribution in [0.3, 0.4) is 0 Å². The van der Waals surface area contributed by atoms with Crippen LogP contribution in [0.2, 0.25) is 0 Å². The van der Waals surface area contributed by atoms with Crippen LogP contribution in [-0.4, -0.2) is 37.2 Å². The number of allylic oxidation sites excluding steroid dienone is 1. The van der Waals surface area contributed by atoms with Crippen molar-refractivity contribution in [3.63, 3.8) is 0 Å². The van der Waals surface area contributed by atoms with Crippen molar-refractivity contribution in [1.29, 1.82) is 0 Å². The third-order valence-electron chi connectivity index (χ3n) is 5.52. The maximum absolute atomic E-state index is 13.6. The molecule has 1 aliphatic heterocycles. The van der Waals surface area contributed by atoms with E-state index in [1.807, 2.05) is 30.1 Å². The number of fused-ring (bicyclic) bond motifs is 1. The van der Waals surface area contributed by atoms with Gasteiger partial charge in [0.2, 0.25) is 5.91 Å². The molecule has 1 heterocycles. The Balaban J connectivity index is 1.83. The predicted octanol–water partition coefficient (Wildman–Crippen LogP) is 3.16. The summed E-state index contributed by atoms with van der Waals surface area (Å²) < 4.78 is 13.6. The summed E-state index contributed by atoms with van der Waals surface area (Å²) in [5.41, 5.74) is 8.77. The highest BCUT2D eigenvalue weighted by molar-refractivity contribution is 5.94. The first-order valence-electron chi connectivity index (χ1n) is 9.46. The Morgan fingerprint density at radius 3 is 2.52 bits per heavy atom. The van der Waals surface area contributed by atoms with Gasteiger partial charge in [-0.25, -0.2) is 4.39 Å². The zero-order valence-electron chi connectivity index (χ0n) is 17.1. The highest BCUT2D eigenvalue weighted by Gasteiger charge is 2.38. The topological polar surface area (TPSA) is 66.6 Å². The summed E-state index contributed by atoms with van der Waals surface area (Å²) in [4.78, 5) is 28.4. The van der Waals surface area contributed by atoms with E-state index >= 15 is 0 Å². The standard InChI is InChI=1S/C23H26FN3O2/c1-23(2)18-10-5-6-11-19(18)27(4)20(23)13-17(28)14-26(3)21(22(25)29)15-8-7-9-16(24)12-15/h5-13,21H,14H2,1-4H3,(H2,25,29)/b20-13-. The smallest absolute Gasteiger partial charge is 0.239 e. The number of carbonyl (C=O) groups excluding carboxylic acids is 2. The van der Waals surface area contributed by atoms with E-state index < -0.39 is 17.8 Å². The average Bonchev–Trinajstić information content (AvgIpc) is 2.83. The fraction of sp³-hybridized carbons (Fsp3) is 0.304. The van der Waals surface area contributed by atoms with Gasteiger partial charge >= 0.3 is 0 Å². The number of likely N-dealkylation sites (N-methyl/N-ethyl adjacent to an activating group) is 2. The molecule has 0 fully saturated rings.